The molecule has 3 heterocycles. The maximum atomic E-state index is 3.61. The molecule has 82 valence electrons. The largest absolute Gasteiger partial charge is 0.358 e. The Balaban J connectivity index is 2.03. The van der Waals surface area contributed by atoms with Crippen LogP contribution in [0.2, 0.25) is 0 Å². The summed E-state index contributed by atoms with van der Waals surface area (Å²) in [6.07, 6.45) is 3.89. The second-order valence-corrected chi connectivity index (χ2v) is 5.18. The van der Waals surface area contributed by atoms with Gasteiger partial charge in [0.1, 0.15) is 0 Å². The van der Waals surface area contributed by atoms with Crippen molar-refractivity contribution in [3.05, 3.63) is 35.5 Å². The molecule has 0 amide bonds. The average Bonchev–Trinajstić information content (AvgIpc) is 2.76. The maximum Gasteiger partial charge on any atom is 0.0459 e. The predicted molar refractivity (Wildman–Crippen MR) is 65.5 cm³/mol. The number of aromatic amines is 1. The zero-order valence-electron chi connectivity index (χ0n) is 9.53. The SMILES string of the molecule is CN1[C@@H]2CC[C@@H]1c1c([nH]c3ccccc13)C2. The highest BCUT2D eigenvalue weighted by Crippen LogP contribution is 2.45. The summed E-state index contributed by atoms with van der Waals surface area (Å²) in [5, 5.41) is 1.44. The predicted octanol–water partition coefficient (Wildman–Crippen LogP) is 2.86. The third kappa shape index (κ3) is 0.957. The topological polar surface area (TPSA) is 19.0 Å². The maximum absolute atomic E-state index is 3.61. The minimum Gasteiger partial charge on any atom is -0.358 e. The molecule has 1 aromatic carbocycles. The highest BCUT2D eigenvalue weighted by Gasteiger charge is 2.39. The van der Waals surface area contributed by atoms with E-state index < -0.39 is 0 Å². The molecule has 0 radical (unpaired) electrons. The van der Waals surface area contributed by atoms with Crippen LogP contribution in [-0.4, -0.2) is 23.0 Å². The molecule has 2 atom stereocenters. The summed E-state index contributed by atoms with van der Waals surface area (Å²) in [4.78, 5) is 6.18. The van der Waals surface area contributed by atoms with Crippen LogP contribution < -0.4 is 0 Å². The first kappa shape index (κ1) is 8.82. The highest BCUT2D eigenvalue weighted by molar-refractivity contribution is 5.85. The number of H-pyrrole nitrogens is 1. The fraction of sp³-hybridized carbons (Fsp3) is 0.429. The molecule has 2 nitrogen and oxygen atoms in total. The zero-order valence-corrected chi connectivity index (χ0v) is 9.53. The fourth-order valence-electron chi connectivity index (χ4n) is 3.60. The van der Waals surface area contributed by atoms with E-state index in [2.05, 4.69) is 41.2 Å². The first-order valence-electron chi connectivity index (χ1n) is 6.16. The van der Waals surface area contributed by atoms with Crippen LogP contribution in [0.3, 0.4) is 0 Å². The molecule has 2 aromatic rings. The number of nitrogens with one attached hydrogen (secondary N) is 1. The van der Waals surface area contributed by atoms with E-state index in [1.165, 1.54) is 35.9 Å². The van der Waals surface area contributed by atoms with Crippen LogP contribution in [0, 0.1) is 0 Å². The lowest BCUT2D eigenvalue weighted by Gasteiger charge is -2.31. The number of fused-ring (bicyclic) bond motifs is 6. The number of likely N-dealkylation sites (N-methyl/N-ethyl adjacent to an activating group) is 1. The van der Waals surface area contributed by atoms with E-state index in [4.69, 9.17) is 0 Å². The van der Waals surface area contributed by atoms with Gasteiger partial charge in [0.15, 0.2) is 0 Å². The van der Waals surface area contributed by atoms with Crippen LogP contribution >= 0.6 is 0 Å². The Morgan fingerprint density at radius 1 is 1.25 bits per heavy atom. The van der Waals surface area contributed by atoms with Gasteiger partial charge >= 0.3 is 0 Å². The van der Waals surface area contributed by atoms with Gasteiger partial charge in [0.2, 0.25) is 0 Å². The molecule has 0 unspecified atom stereocenters. The minimum atomic E-state index is 0.657. The third-order valence-corrected chi connectivity index (χ3v) is 4.44. The molecule has 0 saturated carbocycles. The summed E-state index contributed by atoms with van der Waals surface area (Å²) in [5.41, 5.74) is 4.38. The molecular weight excluding hydrogens is 196 g/mol. The molecule has 0 aliphatic carbocycles. The second-order valence-electron chi connectivity index (χ2n) is 5.18. The van der Waals surface area contributed by atoms with Crippen molar-refractivity contribution in [2.45, 2.75) is 31.3 Å². The van der Waals surface area contributed by atoms with Crippen LogP contribution in [0.25, 0.3) is 10.9 Å². The summed E-state index contributed by atoms with van der Waals surface area (Å²) >= 11 is 0. The van der Waals surface area contributed by atoms with Gasteiger partial charge in [-0.15, -0.1) is 0 Å². The van der Waals surface area contributed by atoms with Crippen LogP contribution in [-0.2, 0) is 6.42 Å². The van der Waals surface area contributed by atoms with Crippen molar-refractivity contribution in [1.29, 1.82) is 0 Å². The molecule has 1 fully saturated rings. The lowest BCUT2D eigenvalue weighted by Crippen LogP contribution is -2.33. The molecule has 4 rings (SSSR count). The molecule has 1 aromatic heterocycles. The molecule has 2 bridgehead atoms. The van der Waals surface area contributed by atoms with Gasteiger partial charge in [0.25, 0.3) is 0 Å². The fourth-order valence-corrected chi connectivity index (χ4v) is 3.60. The zero-order chi connectivity index (χ0) is 10.7. The quantitative estimate of drug-likeness (QED) is 0.711. The Morgan fingerprint density at radius 2 is 2.12 bits per heavy atom. The highest BCUT2D eigenvalue weighted by atomic mass is 15.2. The molecule has 0 spiro atoms. The Hall–Kier alpha value is -1.28. The van der Waals surface area contributed by atoms with E-state index in [0.29, 0.717) is 6.04 Å². The smallest absolute Gasteiger partial charge is 0.0459 e. The van der Waals surface area contributed by atoms with Crippen LogP contribution in [0.15, 0.2) is 24.3 Å². The van der Waals surface area contributed by atoms with Crippen LogP contribution in [0.1, 0.15) is 30.1 Å². The number of para-hydroxylation sites is 1. The summed E-state index contributed by atoms with van der Waals surface area (Å²) < 4.78 is 0. The van der Waals surface area contributed by atoms with Gasteiger partial charge in [-0.3, -0.25) is 4.90 Å². The van der Waals surface area contributed by atoms with E-state index >= 15 is 0 Å². The number of benzene rings is 1. The number of aromatic nitrogens is 1. The van der Waals surface area contributed by atoms with Crippen molar-refractivity contribution in [3.63, 3.8) is 0 Å². The van der Waals surface area contributed by atoms with E-state index in [9.17, 15) is 0 Å². The van der Waals surface area contributed by atoms with Gasteiger partial charge in [-0.05, 0) is 31.5 Å². The van der Waals surface area contributed by atoms with Gasteiger partial charge in [-0.1, -0.05) is 18.2 Å². The van der Waals surface area contributed by atoms with E-state index in [1.807, 2.05) is 0 Å². The standard InChI is InChI=1S/C14H16N2/c1-16-9-6-7-13(16)14-10-4-2-3-5-11(10)15-12(14)8-9/h2-5,9,13,15H,6-8H2,1H3/t9-,13-/m1/s1. The van der Waals surface area contributed by atoms with Crippen molar-refractivity contribution >= 4 is 10.9 Å². The molecule has 1 N–H and O–H groups in total. The molecule has 16 heavy (non-hydrogen) atoms. The Labute approximate surface area is 95.3 Å². The molecule has 2 heteroatoms. The summed E-state index contributed by atoms with van der Waals surface area (Å²) in [7, 11) is 2.28. The van der Waals surface area contributed by atoms with Gasteiger partial charge in [0.05, 0.1) is 0 Å². The summed E-state index contributed by atoms with van der Waals surface area (Å²) in [5.74, 6) is 0. The van der Waals surface area contributed by atoms with E-state index in [1.54, 1.807) is 5.56 Å². The number of hydrogen-bond donors (Lipinski definition) is 1. The first-order chi connectivity index (χ1) is 7.84. The van der Waals surface area contributed by atoms with Crippen molar-refractivity contribution < 1.29 is 0 Å². The summed E-state index contributed by atoms with van der Waals surface area (Å²) in [6, 6.07) is 10.2. The number of nitrogens with zero attached hydrogens (tertiary/aromatic N) is 1. The van der Waals surface area contributed by atoms with Gasteiger partial charge < -0.3 is 4.98 Å². The molecule has 2 aliphatic rings. The van der Waals surface area contributed by atoms with Gasteiger partial charge in [0, 0.05) is 35.1 Å². The second kappa shape index (κ2) is 2.89. The molecule has 2 aliphatic heterocycles. The lowest BCUT2D eigenvalue weighted by atomic mass is 9.98. The minimum absolute atomic E-state index is 0.657. The molecular formula is C14H16N2. The van der Waals surface area contributed by atoms with E-state index in [-0.39, 0.29) is 0 Å². The molecule has 1 saturated heterocycles. The van der Waals surface area contributed by atoms with Crippen molar-refractivity contribution in [2.24, 2.45) is 0 Å². The average molecular weight is 212 g/mol. The third-order valence-electron chi connectivity index (χ3n) is 4.44. The Bertz CT molecular complexity index is 555. The summed E-state index contributed by atoms with van der Waals surface area (Å²) in [6.45, 7) is 0. The van der Waals surface area contributed by atoms with Crippen LogP contribution in [0.4, 0.5) is 0 Å². The Kier molecular flexibility index (Phi) is 1.59. The van der Waals surface area contributed by atoms with Crippen molar-refractivity contribution in [2.75, 3.05) is 7.05 Å². The number of rotatable bonds is 0. The monoisotopic (exact) mass is 212 g/mol. The number of hydrogen-bond acceptors (Lipinski definition) is 1. The normalized spacial score (nSPS) is 28.6. The Morgan fingerprint density at radius 3 is 3.06 bits per heavy atom. The van der Waals surface area contributed by atoms with Gasteiger partial charge in [-0.2, -0.15) is 0 Å². The van der Waals surface area contributed by atoms with E-state index in [0.717, 1.165) is 6.04 Å². The first-order valence-corrected chi connectivity index (χ1v) is 6.16. The van der Waals surface area contributed by atoms with Crippen molar-refractivity contribution in [1.82, 2.24) is 9.88 Å². The van der Waals surface area contributed by atoms with Crippen LogP contribution in [0.5, 0.6) is 0 Å². The lowest BCUT2D eigenvalue weighted by molar-refractivity contribution is 0.224. The van der Waals surface area contributed by atoms with Gasteiger partial charge in [-0.25, -0.2) is 0 Å². The van der Waals surface area contributed by atoms with Crippen molar-refractivity contribution in [3.8, 4) is 0 Å².